The summed E-state index contributed by atoms with van der Waals surface area (Å²) < 4.78 is 45.6. The van der Waals surface area contributed by atoms with E-state index in [0.717, 1.165) is 28.0 Å². The number of benzene rings is 3. The van der Waals surface area contributed by atoms with Crippen LogP contribution in [0.4, 0.5) is 25.0 Å². The molecule has 1 unspecified atom stereocenters. The molecule has 0 spiro atoms. The topological polar surface area (TPSA) is 131 Å². The lowest BCUT2D eigenvalue weighted by Gasteiger charge is -2.38. The van der Waals surface area contributed by atoms with Crippen LogP contribution in [0, 0.1) is 17.6 Å². The fraction of sp³-hybridized carbons (Fsp3) is 0.265. The van der Waals surface area contributed by atoms with Gasteiger partial charge in [-0.3, -0.25) is 19.4 Å². The van der Waals surface area contributed by atoms with Crippen molar-refractivity contribution in [3.05, 3.63) is 78.5 Å². The van der Waals surface area contributed by atoms with Crippen LogP contribution in [-0.2, 0) is 14.4 Å². The second-order valence-corrected chi connectivity index (χ2v) is 10.7. The van der Waals surface area contributed by atoms with Crippen molar-refractivity contribution in [1.82, 2.24) is 14.8 Å². The second kappa shape index (κ2) is 14.3. The Morgan fingerprint density at radius 2 is 1.60 bits per heavy atom. The SMILES string of the molecule is CCN(CC)C(=O)CN1CC(C(=O)Nc2ccc(Oc3ccnc4cc(OC)c(OC)cc34)c(F)c2)C(=O)N(c2ccc(F)cc2)C1=O. The van der Waals surface area contributed by atoms with Gasteiger partial charge in [-0.15, -0.1) is 0 Å². The molecular formula is C34H33F2N5O7. The van der Waals surface area contributed by atoms with E-state index in [9.17, 15) is 23.6 Å². The fourth-order valence-electron chi connectivity index (χ4n) is 5.31. The highest BCUT2D eigenvalue weighted by atomic mass is 19.1. The zero-order valence-electron chi connectivity index (χ0n) is 26.7. The highest BCUT2D eigenvalue weighted by molar-refractivity contribution is 6.23. The van der Waals surface area contributed by atoms with Crippen LogP contribution in [0.25, 0.3) is 10.9 Å². The minimum Gasteiger partial charge on any atom is -0.493 e. The molecule has 1 aliphatic heterocycles. The minimum atomic E-state index is -1.47. The number of aromatic nitrogens is 1. The van der Waals surface area contributed by atoms with Crippen molar-refractivity contribution < 1.29 is 42.2 Å². The van der Waals surface area contributed by atoms with Gasteiger partial charge in [0.2, 0.25) is 17.7 Å². The number of pyridine rings is 1. The molecule has 0 aliphatic carbocycles. The Labute approximate surface area is 274 Å². The number of halogens is 2. The number of carbonyl (C=O) groups is 4. The normalized spacial score (nSPS) is 14.6. The molecule has 2 heterocycles. The molecule has 0 bridgehead atoms. The predicted molar refractivity (Wildman–Crippen MR) is 172 cm³/mol. The highest BCUT2D eigenvalue weighted by Gasteiger charge is 2.44. The molecule has 250 valence electrons. The molecule has 5 amide bonds. The number of carbonyl (C=O) groups excluding carboxylic acids is 4. The maximum Gasteiger partial charge on any atom is 0.331 e. The Kier molecular flexibility index (Phi) is 10.0. The lowest BCUT2D eigenvalue weighted by Crippen LogP contribution is -2.61. The summed E-state index contributed by atoms with van der Waals surface area (Å²) in [4.78, 5) is 61.0. The number of ether oxygens (including phenoxy) is 3. The Hall–Kier alpha value is -5.79. The van der Waals surface area contributed by atoms with Gasteiger partial charge in [0.05, 0.1) is 25.4 Å². The summed E-state index contributed by atoms with van der Waals surface area (Å²) in [7, 11) is 2.98. The first-order chi connectivity index (χ1) is 23.1. The number of methoxy groups -OCH3 is 2. The monoisotopic (exact) mass is 661 g/mol. The van der Waals surface area contributed by atoms with Crippen LogP contribution < -0.4 is 24.4 Å². The maximum absolute atomic E-state index is 15.3. The van der Waals surface area contributed by atoms with Crippen LogP contribution >= 0.6 is 0 Å². The quantitative estimate of drug-likeness (QED) is 0.217. The number of imide groups is 1. The van der Waals surface area contributed by atoms with E-state index < -0.39 is 48.5 Å². The van der Waals surface area contributed by atoms with E-state index in [0.29, 0.717) is 35.5 Å². The number of rotatable bonds is 11. The minimum absolute atomic E-state index is 0.0136. The van der Waals surface area contributed by atoms with Gasteiger partial charge in [-0.25, -0.2) is 18.5 Å². The molecule has 0 radical (unpaired) electrons. The molecule has 48 heavy (non-hydrogen) atoms. The molecule has 3 aromatic carbocycles. The van der Waals surface area contributed by atoms with Crippen LogP contribution in [0.5, 0.6) is 23.0 Å². The van der Waals surface area contributed by atoms with Gasteiger partial charge in [0.15, 0.2) is 23.1 Å². The fourth-order valence-corrected chi connectivity index (χ4v) is 5.31. The van der Waals surface area contributed by atoms with Gasteiger partial charge in [-0.05, 0) is 62.4 Å². The molecular weight excluding hydrogens is 628 g/mol. The number of hydrogen-bond donors (Lipinski definition) is 1. The van der Waals surface area contributed by atoms with Gasteiger partial charge in [0.25, 0.3) is 0 Å². The van der Waals surface area contributed by atoms with E-state index in [2.05, 4.69) is 10.3 Å². The smallest absolute Gasteiger partial charge is 0.331 e. The third-order valence-corrected chi connectivity index (χ3v) is 7.85. The molecule has 14 heteroatoms. The van der Waals surface area contributed by atoms with Crippen LogP contribution in [-0.4, -0.2) is 78.9 Å². The first-order valence-corrected chi connectivity index (χ1v) is 15.0. The van der Waals surface area contributed by atoms with Gasteiger partial charge in [-0.2, -0.15) is 0 Å². The van der Waals surface area contributed by atoms with Crippen LogP contribution in [0.2, 0.25) is 0 Å². The predicted octanol–water partition coefficient (Wildman–Crippen LogP) is 5.21. The number of fused-ring (bicyclic) bond motifs is 1. The van der Waals surface area contributed by atoms with Crippen molar-refractivity contribution in [3.63, 3.8) is 0 Å². The maximum atomic E-state index is 15.3. The van der Waals surface area contributed by atoms with Crippen LogP contribution in [0.15, 0.2) is 66.9 Å². The van der Waals surface area contributed by atoms with E-state index in [1.54, 1.807) is 32.0 Å². The zero-order valence-corrected chi connectivity index (χ0v) is 26.7. The van der Waals surface area contributed by atoms with Gasteiger partial charge in [-0.1, -0.05) is 0 Å². The van der Waals surface area contributed by atoms with E-state index in [1.165, 1.54) is 49.6 Å². The summed E-state index contributed by atoms with van der Waals surface area (Å²) in [5, 5.41) is 3.06. The van der Waals surface area contributed by atoms with Gasteiger partial charge in [0, 0.05) is 49.0 Å². The van der Waals surface area contributed by atoms with E-state index in [-0.39, 0.29) is 28.8 Å². The molecule has 1 atom stereocenters. The lowest BCUT2D eigenvalue weighted by molar-refractivity contribution is -0.136. The number of likely N-dealkylation sites (N-methyl/N-ethyl adjacent to an activating group) is 1. The molecule has 5 rings (SSSR count). The number of nitrogens with one attached hydrogen (secondary N) is 1. The molecule has 1 aliphatic rings. The molecule has 1 N–H and O–H groups in total. The standard InChI is InChI=1S/C34H33F2N5O7/c1-5-39(6-2)31(42)19-40-18-24(33(44)41(34(40)45)22-10-7-20(35)8-11-22)32(43)38-21-9-12-28(25(36)15-21)48-27-13-14-37-26-17-30(47-4)29(46-3)16-23(26)27/h7-17,24H,5-6,18-19H2,1-4H3,(H,38,43). The molecule has 1 aromatic heterocycles. The molecule has 4 aromatic rings. The molecule has 0 saturated carbocycles. The Morgan fingerprint density at radius 1 is 0.917 bits per heavy atom. The summed E-state index contributed by atoms with van der Waals surface area (Å²) in [6.45, 7) is 3.57. The van der Waals surface area contributed by atoms with Crippen LogP contribution in [0.3, 0.4) is 0 Å². The van der Waals surface area contributed by atoms with E-state index in [4.69, 9.17) is 14.2 Å². The number of urea groups is 1. The Morgan fingerprint density at radius 3 is 2.25 bits per heavy atom. The highest BCUT2D eigenvalue weighted by Crippen LogP contribution is 2.37. The molecule has 12 nitrogen and oxygen atoms in total. The van der Waals surface area contributed by atoms with E-state index in [1.807, 2.05) is 0 Å². The zero-order chi connectivity index (χ0) is 34.5. The van der Waals surface area contributed by atoms with Crippen molar-refractivity contribution in [2.45, 2.75) is 13.8 Å². The van der Waals surface area contributed by atoms with E-state index >= 15 is 4.39 Å². The van der Waals surface area contributed by atoms with Crippen molar-refractivity contribution >= 4 is 46.0 Å². The number of amides is 5. The Balaban J connectivity index is 1.38. The van der Waals surface area contributed by atoms with Crippen molar-refractivity contribution in [3.8, 4) is 23.0 Å². The third kappa shape index (κ3) is 6.82. The lowest BCUT2D eigenvalue weighted by atomic mass is 10.0. The average molecular weight is 662 g/mol. The first-order valence-electron chi connectivity index (χ1n) is 15.0. The number of nitrogens with zero attached hydrogens (tertiary/aromatic N) is 4. The van der Waals surface area contributed by atoms with Crippen LogP contribution in [0.1, 0.15) is 13.8 Å². The summed E-state index contributed by atoms with van der Waals surface area (Å²) in [5.74, 6) is -3.96. The first kappa shape index (κ1) is 33.6. The van der Waals surface area contributed by atoms with Gasteiger partial charge in [0.1, 0.15) is 24.0 Å². The second-order valence-electron chi connectivity index (χ2n) is 10.7. The third-order valence-electron chi connectivity index (χ3n) is 7.85. The van der Waals surface area contributed by atoms with Crippen molar-refractivity contribution in [2.24, 2.45) is 5.92 Å². The summed E-state index contributed by atoms with van der Waals surface area (Å²) in [5.41, 5.74) is 0.559. The van der Waals surface area contributed by atoms with Crippen molar-refractivity contribution in [1.29, 1.82) is 0 Å². The molecule has 1 fully saturated rings. The Bertz CT molecular complexity index is 1870. The summed E-state index contributed by atoms with van der Waals surface area (Å²) in [6, 6.07) is 12.4. The number of hydrogen-bond acceptors (Lipinski definition) is 8. The van der Waals surface area contributed by atoms with Gasteiger partial charge >= 0.3 is 6.03 Å². The van der Waals surface area contributed by atoms with Gasteiger partial charge < -0.3 is 29.3 Å². The summed E-state index contributed by atoms with van der Waals surface area (Å²) in [6.07, 6.45) is 1.50. The molecule has 1 saturated heterocycles. The number of anilines is 2. The van der Waals surface area contributed by atoms with Crippen molar-refractivity contribution in [2.75, 3.05) is 50.6 Å². The average Bonchev–Trinajstić information content (AvgIpc) is 3.08. The summed E-state index contributed by atoms with van der Waals surface area (Å²) >= 11 is 0. The largest absolute Gasteiger partial charge is 0.493 e.